The Kier molecular flexibility index (Phi) is 3.98. The van der Waals surface area contributed by atoms with Gasteiger partial charge in [0.15, 0.2) is 6.29 Å². The highest BCUT2D eigenvalue weighted by Gasteiger charge is 2.17. The molecule has 0 fully saturated rings. The van der Waals surface area contributed by atoms with Gasteiger partial charge < -0.3 is 4.90 Å². The number of carbonyl (C=O) groups is 1. The number of carbonyl (C=O) groups excluding carboxylic acids is 1. The zero-order valence-corrected chi connectivity index (χ0v) is 10.0. The zero-order chi connectivity index (χ0) is 13.0. The predicted molar refractivity (Wildman–Crippen MR) is 65.6 cm³/mol. The van der Waals surface area contributed by atoms with Crippen molar-refractivity contribution in [2.45, 2.75) is 6.92 Å². The highest BCUT2D eigenvalue weighted by Crippen LogP contribution is 2.26. The van der Waals surface area contributed by atoms with Crippen LogP contribution in [0.3, 0.4) is 0 Å². The van der Waals surface area contributed by atoms with Gasteiger partial charge in [-0.1, -0.05) is 6.07 Å². The summed E-state index contributed by atoms with van der Waals surface area (Å²) in [6, 6.07) is 4.80. The fraction of sp³-hybridized carbons (Fsp3) is 0.250. The maximum atomic E-state index is 11.0. The minimum absolute atomic E-state index is 0.0507. The molecular formula is C12H14N2O3. The predicted octanol–water partition coefficient (Wildman–Crippen LogP) is 2.00. The lowest BCUT2D eigenvalue weighted by Crippen LogP contribution is -2.04. The van der Waals surface area contributed by atoms with Crippen LogP contribution in [0.4, 0.5) is 5.69 Å². The van der Waals surface area contributed by atoms with Crippen LogP contribution < -0.4 is 0 Å². The summed E-state index contributed by atoms with van der Waals surface area (Å²) >= 11 is 0. The number of nitrogens with zero attached hydrogens (tertiary/aromatic N) is 2. The lowest BCUT2D eigenvalue weighted by atomic mass is 10.0. The van der Waals surface area contributed by atoms with Crippen LogP contribution in [0.1, 0.15) is 11.1 Å². The van der Waals surface area contributed by atoms with Gasteiger partial charge in [0.1, 0.15) is 0 Å². The molecule has 0 spiro atoms. The van der Waals surface area contributed by atoms with E-state index in [0.717, 1.165) is 5.56 Å². The molecule has 0 aliphatic carbocycles. The van der Waals surface area contributed by atoms with E-state index in [1.54, 1.807) is 44.3 Å². The van der Waals surface area contributed by atoms with E-state index in [2.05, 4.69) is 0 Å². The Balaban J connectivity index is 3.38. The maximum absolute atomic E-state index is 11.0. The normalized spacial score (nSPS) is 11.1. The maximum Gasteiger partial charge on any atom is 0.277 e. The molecule has 0 aliphatic heterocycles. The van der Waals surface area contributed by atoms with Gasteiger partial charge >= 0.3 is 0 Å². The summed E-state index contributed by atoms with van der Waals surface area (Å²) in [6.45, 7) is 1.77. The second-order valence-corrected chi connectivity index (χ2v) is 3.94. The van der Waals surface area contributed by atoms with Crippen molar-refractivity contribution in [1.29, 1.82) is 0 Å². The molecule has 1 rings (SSSR count). The second kappa shape index (κ2) is 5.25. The molecular weight excluding hydrogens is 220 g/mol. The molecule has 0 atom stereocenters. The second-order valence-electron chi connectivity index (χ2n) is 3.94. The van der Waals surface area contributed by atoms with Crippen LogP contribution in [0.25, 0.3) is 5.57 Å². The Labute approximate surface area is 99.5 Å². The molecule has 0 aromatic heterocycles. The quantitative estimate of drug-likeness (QED) is 0.346. The first-order chi connectivity index (χ1) is 7.95. The van der Waals surface area contributed by atoms with Gasteiger partial charge in [0, 0.05) is 31.9 Å². The number of aryl methyl sites for hydroxylation is 1. The lowest BCUT2D eigenvalue weighted by Gasteiger charge is -2.08. The summed E-state index contributed by atoms with van der Waals surface area (Å²) < 4.78 is 0. The van der Waals surface area contributed by atoms with Gasteiger partial charge in [-0.2, -0.15) is 0 Å². The van der Waals surface area contributed by atoms with E-state index < -0.39 is 4.92 Å². The van der Waals surface area contributed by atoms with E-state index in [4.69, 9.17) is 0 Å². The van der Waals surface area contributed by atoms with Gasteiger partial charge in [-0.3, -0.25) is 14.9 Å². The van der Waals surface area contributed by atoms with E-state index in [1.165, 1.54) is 6.07 Å². The molecule has 0 saturated carbocycles. The molecule has 1 aromatic rings. The molecule has 90 valence electrons. The summed E-state index contributed by atoms with van der Waals surface area (Å²) in [5.74, 6) is 0. The molecule has 0 amide bonds. The Morgan fingerprint density at radius 1 is 1.41 bits per heavy atom. The summed E-state index contributed by atoms with van der Waals surface area (Å²) in [6.07, 6.45) is 2.18. The van der Waals surface area contributed by atoms with Crippen LogP contribution in [0.2, 0.25) is 0 Å². The van der Waals surface area contributed by atoms with E-state index in [1.807, 2.05) is 0 Å². The fourth-order valence-electron chi connectivity index (χ4n) is 1.48. The molecule has 0 unspecified atom stereocenters. The van der Waals surface area contributed by atoms with Crippen molar-refractivity contribution >= 4 is 17.5 Å². The number of allylic oxidation sites excluding steroid dienone is 1. The Morgan fingerprint density at radius 3 is 2.53 bits per heavy atom. The topological polar surface area (TPSA) is 63.5 Å². The Morgan fingerprint density at radius 2 is 2.06 bits per heavy atom. The summed E-state index contributed by atoms with van der Waals surface area (Å²) in [5, 5.41) is 10.9. The number of hydrogen-bond donors (Lipinski definition) is 0. The minimum Gasteiger partial charge on any atom is -0.383 e. The van der Waals surface area contributed by atoms with Crippen LogP contribution in [0.15, 0.2) is 24.4 Å². The molecule has 1 aromatic carbocycles. The first-order valence-electron chi connectivity index (χ1n) is 5.04. The van der Waals surface area contributed by atoms with Gasteiger partial charge in [0.05, 0.1) is 10.5 Å². The molecule has 0 heterocycles. The fourth-order valence-corrected chi connectivity index (χ4v) is 1.48. The average Bonchev–Trinajstić information content (AvgIpc) is 2.25. The number of aldehydes is 1. The van der Waals surface area contributed by atoms with Crippen molar-refractivity contribution < 1.29 is 9.72 Å². The van der Waals surface area contributed by atoms with Crippen LogP contribution in [-0.4, -0.2) is 30.2 Å². The average molecular weight is 234 g/mol. The smallest absolute Gasteiger partial charge is 0.277 e. The number of hydrogen-bond acceptors (Lipinski definition) is 4. The summed E-state index contributed by atoms with van der Waals surface area (Å²) in [4.78, 5) is 23.1. The number of rotatable bonds is 4. The molecule has 0 aliphatic rings. The van der Waals surface area contributed by atoms with E-state index in [9.17, 15) is 14.9 Å². The van der Waals surface area contributed by atoms with Gasteiger partial charge in [0.25, 0.3) is 5.69 Å². The first-order valence-corrected chi connectivity index (χ1v) is 5.04. The van der Waals surface area contributed by atoms with E-state index in [0.29, 0.717) is 17.4 Å². The van der Waals surface area contributed by atoms with Crippen molar-refractivity contribution in [3.05, 3.63) is 45.6 Å². The lowest BCUT2D eigenvalue weighted by molar-refractivity contribution is -0.385. The van der Waals surface area contributed by atoms with E-state index >= 15 is 0 Å². The minimum atomic E-state index is -0.477. The molecule has 5 heteroatoms. The van der Waals surface area contributed by atoms with Gasteiger partial charge in [-0.15, -0.1) is 0 Å². The largest absolute Gasteiger partial charge is 0.383 e. The molecule has 0 radical (unpaired) electrons. The number of nitro benzene ring substituents is 1. The van der Waals surface area contributed by atoms with Crippen molar-refractivity contribution in [3.8, 4) is 0 Å². The Hall–Kier alpha value is -2.17. The van der Waals surface area contributed by atoms with Crippen LogP contribution in [0.5, 0.6) is 0 Å². The standard InChI is InChI=1S/C12H14N2O3/c1-9-4-5-11(12(6-9)14(16)17)10(8-15)7-13(2)3/h4-8H,1-3H3. The van der Waals surface area contributed by atoms with Crippen LogP contribution in [0, 0.1) is 17.0 Å². The van der Waals surface area contributed by atoms with Crippen molar-refractivity contribution in [2.24, 2.45) is 0 Å². The van der Waals surface area contributed by atoms with Gasteiger partial charge in [-0.25, -0.2) is 0 Å². The molecule has 0 bridgehead atoms. The zero-order valence-electron chi connectivity index (χ0n) is 10.0. The van der Waals surface area contributed by atoms with Crippen molar-refractivity contribution in [1.82, 2.24) is 4.90 Å². The van der Waals surface area contributed by atoms with E-state index in [-0.39, 0.29) is 5.69 Å². The highest BCUT2D eigenvalue weighted by molar-refractivity contribution is 6.08. The molecule has 5 nitrogen and oxygen atoms in total. The highest BCUT2D eigenvalue weighted by atomic mass is 16.6. The monoisotopic (exact) mass is 234 g/mol. The third-order valence-corrected chi connectivity index (χ3v) is 2.19. The number of nitro groups is 1. The number of benzene rings is 1. The Bertz CT molecular complexity index is 479. The SMILES string of the molecule is Cc1ccc(C(C=O)=CN(C)C)c([N+](=O)[O-])c1. The van der Waals surface area contributed by atoms with Crippen LogP contribution >= 0.6 is 0 Å². The van der Waals surface area contributed by atoms with Gasteiger partial charge in [0.2, 0.25) is 0 Å². The van der Waals surface area contributed by atoms with Crippen molar-refractivity contribution in [3.63, 3.8) is 0 Å². The summed E-state index contributed by atoms with van der Waals surface area (Å²) in [5.41, 5.74) is 1.37. The first kappa shape index (κ1) is 12.9. The van der Waals surface area contributed by atoms with Crippen molar-refractivity contribution in [2.75, 3.05) is 14.1 Å². The molecule has 17 heavy (non-hydrogen) atoms. The molecule has 0 saturated heterocycles. The third-order valence-electron chi connectivity index (χ3n) is 2.19. The third kappa shape index (κ3) is 3.14. The van der Waals surface area contributed by atoms with Gasteiger partial charge in [-0.05, 0) is 18.6 Å². The summed E-state index contributed by atoms with van der Waals surface area (Å²) in [7, 11) is 3.51. The molecule has 0 N–H and O–H groups in total. The van der Waals surface area contributed by atoms with Crippen LogP contribution in [-0.2, 0) is 4.79 Å².